The van der Waals surface area contributed by atoms with E-state index in [0.29, 0.717) is 24.3 Å². The molecule has 0 atom stereocenters. The van der Waals surface area contributed by atoms with Crippen LogP contribution < -0.4 is 39.2 Å². The predicted octanol–water partition coefficient (Wildman–Crippen LogP) is 3.81. The SMILES string of the molecule is O=C(O)CCCOc1cnc(N(Cc2cc(C(F)(F)F)cc(C(F)(F)F)c2)Cc2cc(C(F)(F)F)ccc2O)nc1.[H-].[Na+]. The third-order valence-electron chi connectivity index (χ3n) is 5.49. The number of nitrogens with zero attached hydrogens (tertiary/aromatic N) is 3. The van der Waals surface area contributed by atoms with Crippen LogP contribution in [0, 0.1) is 0 Å². The van der Waals surface area contributed by atoms with Gasteiger partial charge in [0, 0.05) is 25.1 Å². The van der Waals surface area contributed by atoms with Crippen molar-refractivity contribution < 1.29 is 90.2 Å². The molecule has 3 aromatic rings. The first-order valence-electron chi connectivity index (χ1n) is 11.5. The number of hydrogen-bond donors (Lipinski definition) is 2. The first kappa shape index (κ1) is 35.0. The van der Waals surface area contributed by atoms with Crippen LogP contribution in [-0.2, 0) is 36.4 Å². The van der Waals surface area contributed by atoms with Crippen LogP contribution in [0.4, 0.5) is 45.5 Å². The summed E-state index contributed by atoms with van der Waals surface area (Å²) < 4.78 is 125. The van der Waals surface area contributed by atoms with Crippen molar-refractivity contribution in [3.05, 3.63) is 76.6 Å². The fraction of sp³-hybridized carbons (Fsp3) is 0.320. The van der Waals surface area contributed by atoms with Gasteiger partial charge in [0.05, 0.1) is 35.7 Å². The van der Waals surface area contributed by atoms with Gasteiger partial charge in [-0.25, -0.2) is 9.97 Å². The number of carboxylic acid groups (broad SMARTS) is 1. The van der Waals surface area contributed by atoms with E-state index in [2.05, 4.69) is 9.97 Å². The molecule has 0 radical (unpaired) electrons. The Hall–Kier alpha value is -3.24. The second-order valence-electron chi connectivity index (χ2n) is 8.68. The van der Waals surface area contributed by atoms with Gasteiger partial charge in [0.25, 0.3) is 0 Å². The van der Waals surface area contributed by atoms with Gasteiger partial charge in [-0.2, -0.15) is 39.5 Å². The topological polar surface area (TPSA) is 95.8 Å². The minimum Gasteiger partial charge on any atom is -1.00 e. The number of carboxylic acids is 1. The monoisotopic (exact) mass is 621 g/mol. The quantitative estimate of drug-likeness (QED) is 0.202. The Balaban J connectivity index is 0.00000462. The molecule has 42 heavy (non-hydrogen) atoms. The molecule has 0 aliphatic rings. The summed E-state index contributed by atoms with van der Waals surface area (Å²) in [4.78, 5) is 19.5. The summed E-state index contributed by atoms with van der Waals surface area (Å²) in [7, 11) is 0. The Kier molecular flexibility index (Phi) is 11.5. The van der Waals surface area contributed by atoms with E-state index in [1.165, 1.54) is 0 Å². The number of benzene rings is 2. The smallest absolute Gasteiger partial charge is 1.00 e. The summed E-state index contributed by atoms with van der Waals surface area (Å²) in [5, 5.41) is 18.8. The van der Waals surface area contributed by atoms with Crippen molar-refractivity contribution >= 4 is 11.9 Å². The van der Waals surface area contributed by atoms with E-state index in [9.17, 15) is 49.4 Å². The number of rotatable bonds is 10. The number of phenols is 1. The normalized spacial score (nSPS) is 12.0. The molecule has 1 aromatic heterocycles. The Morgan fingerprint density at radius 3 is 1.88 bits per heavy atom. The zero-order valence-electron chi connectivity index (χ0n) is 22.6. The van der Waals surface area contributed by atoms with Gasteiger partial charge in [0.2, 0.25) is 5.95 Å². The minimum atomic E-state index is -5.14. The molecule has 0 aliphatic carbocycles. The number of carbonyl (C=O) groups is 1. The van der Waals surface area contributed by atoms with Gasteiger partial charge in [0.1, 0.15) is 5.75 Å². The van der Waals surface area contributed by atoms with E-state index in [1.54, 1.807) is 0 Å². The Morgan fingerprint density at radius 1 is 0.833 bits per heavy atom. The van der Waals surface area contributed by atoms with Crippen molar-refractivity contribution in [3.63, 3.8) is 0 Å². The van der Waals surface area contributed by atoms with Crippen LogP contribution in [0.5, 0.6) is 11.5 Å². The molecule has 0 fully saturated rings. The number of halogens is 9. The van der Waals surface area contributed by atoms with Crippen LogP contribution in [0.25, 0.3) is 0 Å². The second-order valence-corrected chi connectivity index (χ2v) is 8.68. The van der Waals surface area contributed by atoms with Crippen molar-refractivity contribution in [1.29, 1.82) is 0 Å². The molecule has 0 unspecified atom stereocenters. The number of aliphatic carboxylic acids is 1. The molecule has 0 amide bonds. The number of anilines is 1. The zero-order valence-corrected chi connectivity index (χ0v) is 23.6. The number of phenolic OH excluding ortho intramolecular Hbond substituents is 1. The number of alkyl halides is 9. The molecular weight excluding hydrogens is 600 g/mol. The summed E-state index contributed by atoms with van der Waals surface area (Å²) in [5.41, 5.74) is -5.24. The van der Waals surface area contributed by atoms with Gasteiger partial charge in [-0.05, 0) is 48.4 Å². The van der Waals surface area contributed by atoms with E-state index in [1.807, 2.05) is 0 Å². The van der Waals surface area contributed by atoms with Crippen LogP contribution in [0.15, 0.2) is 48.8 Å². The van der Waals surface area contributed by atoms with Crippen LogP contribution >= 0.6 is 0 Å². The Morgan fingerprint density at radius 2 is 1.38 bits per heavy atom. The summed E-state index contributed by atoms with van der Waals surface area (Å²) in [6.07, 6.45) is -13.0. The van der Waals surface area contributed by atoms with E-state index < -0.39 is 65.6 Å². The first-order valence-corrected chi connectivity index (χ1v) is 11.5. The standard InChI is InChI=1S/C25H20F9N3O4.Na.H/c26-23(27,28)16-3-4-20(38)15(8-16)13-37(22-35-10-19(11-36-22)41-5-1-2-21(39)40)12-14-6-17(24(29,30)31)9-18(7-14)25(32,33)34;;/h3-4,6-11,38H,1-2,5,12-13H2,(H,39,40);;/q;+1;-1. The third-order valence-corrected chi connectivity index (χ3v) is 5.49. The van der Waals surface area contributed by atoms with E-state index >= 15 is 0 Å². The fourth-order valence-electron chi connectivity index (χ4n) is 3.58. The number of aromatic nitrogens is 2. The minimum absolute atomic E-state index is 0. The molecule has 3 rings (SSSR count). The number of aromatic hydroxyl groups is 1. The third kappa shape index (κ3) is 9.94. The van der Waals surface area contributed by atoms with Gasteiger partial charge in [-0.15, -0.1) is 0 Å². The molecule has 0 aliphatic heterocycles. The maximum atomic E-state index is 13.4. The molecular formula is C25H21F9N3NaO4. The molecule has 7 nitrogen and oxygen atoms in total. The maximum Gasteiger partial charge on any atom is 1.00 e. The van der Waals surface area contributed by atoms with Crippen molar-refractivity contribution in [3.8, 4) is 11.5 Å². The Bertz CT molecular complexity index is 1340. The zero-order chi connectivity index (χ0) is 30.6. The van der Waals surface area contributed by atoms with Crippen molar-refractivity contribution in [1.82, 2.24) is 9.97 Å². The average Bonchev–Trinajstić information content (AvgIpc) is 2.86. The van der Waals surface area contributed by atoms with Crippen molar-refractivity contribution in [2.75, 3.05) is 11.5 Å². The summed E-state index contributed by atoms with van der Waals surface area (Å²) >= 11 is 0. The van der Waals surface area contributed by atoms with Crippen LogP contribution in [0.1, 0.15) is 42.1 Å². The van der Waals surface area contributed by atoms with Crippen LogP contribution in [0.2, 0.25) is 0 Å². The van der Waals surface area contributed by atoms with Gasteiger partial charge in [-0.3, -0.25) is 4.79 Å². The van der Waals surface area contributed by atoms with Crippen LogP contribution in [-0.4, -0.2) is 32.8 Å². The molecule has 1 heterocycles. The van der Waals surface area contributed by atoms with Crippen molar-refractivity contribution in [2.45, 2.75) is 44.5 Å². The molecule has 17 heteroatoms. The largest absolute Gasteiger partial charge is 1.00 e. The Labute approximate surface area is 255 Å². The number of hydrogen-bond acceptors (Lipinski definition) is 6. The maximum absolute atomic E-state index is 13.4. The second kappa shape index (κ2) is 13.8. The van der Waals surface area contributed by atoms with Crippen molar-refractivity contribution in [2.24, 2.45) is 0 Å². The van der Waals surface area contributed by atoms with E-state index in [4.69, 9.17) is 9.84 Å². The van der Waals surface area contributed by atoms with Gasteiger partial charge in [0.15, 0.2) is 5.75 Å². The van der Waals surface area contributed by atoms with E-state index in [0.717, 1.165) is 23.4 Å². The van der Waals surface area contributed by atoms with Crippen LogP contribution in [0.3, 0.4) is 0 Å². The fourth-order valence-corrected chi connectivity index (χ4v) is 3.58. The molecule has 0 bridgehead atoms. The predicted molar refractivity (Wildman–Crippen MR) is 125 cm³/mol. The molecule has 2 N–H and O–H groups in total. The number of ether oxygens (including phenoxy) is 1. The van der Waals surface area contributed by atoms with Gasteiger partial charge >= 0.3 is 54.1 Å². The van der Waals surface area contributed by atoms with Gasteiger partial charge < -0.3 is 21.3 Å². The van der Waals surface area contributed by atoms with Gasteiger partial charge in [-0.1, -0.05) is 0 Å². The summed E-state index contributed by atoms with van der Waals surface area (Å²) in [6.45, 7) is -1.42. The first-order chi connectivity index (χ1) is 18.9. The average molecular weight is 621 g/mol. The summed E-state index contributed by atoms with van der Waals surface area (Å²) in [5.74, 6) is -1.97. The molecule has 0 saturated heterocycles. The summed E-state index contributed by atoms with van der Waals surface area (Å²) in [6, 6.07) is 2.76. The van der Waals surface area contributed by atoms with E-state index in [-0.39, 0.29) is 73.8 Å². The molecule has 2 aromatic carbocycles. The molecule has 0 saturated carbocycles. The molecule has 0 spiro atoms. The molecule has 224 valence electrons.